The maximum absolute atomic E-state index is 5.80. The van der Waals surface area contributed by atoms with Crippen LogP contribution in [-0.4, -0.2) is 25.3 Å². The predicted octanol–water partition coefficient (Wildman–Crippen LogP) is 4.78. The molecular formula is C19H37NO. The number of rotatable bonds is 6. The van der Waals surface area contributed by atoms with Gasteiger partial charge in [0.1, 0.15) is 0 Å². The van der Waals surface area contributed by atoms with E-state index in [-0.39, 0.29) is 0 Å². The fraction of sp³-hybridized carbons (Fsp3) is 1.00. The van der Waals surface area contributed by atoms with Crippen LogP contribution in [0.25, 0.3) is 0 Å². The molecule has 2 rings (SSSR count). The highest BCUT2D eigenvalue weighted by Crippen LogP contribution is 2.41. The molecule has 0 amide bonds. The van der Waals surface area contributed by atoms with E-state index < -0.39 is 0 Å². The highest BCUT2D eigenvalue weighted by Gasteiger charge is 2.32. The van der Waals surface area contributed by atoms with Crippen LogP contribution >= 0.6 is 0 Å². The minimum atomic E-state index is 0.496. The van der Waals surface area contributed by atoms with Gasteiger partial charge in [-0.15, -0.1) is 0 Å². The predicted molar refractivity (Wildman–Crippen MR) is 90.6 cm³/mol. The van der Waals surface area contributed by atoms with Crippen molar-refractivity contribution in [2.75, 3.05) is 13.2 Å². The minimum Gasteiger partial charge on any atom is -0.378 e. The summed E-state index contributed by atoms with van der Waals surface area (Å²) in [6, 6.07) is 0.722. The van der Waals surface area contributed by atoms with Gasteiger partial charge in [-0.05, 0) is 75.2 Å². The molecule has 1 saturated heterocycles. The molecule has 1 saturated carbocycles. The van der Waals surface area contributed by atoms with Gasteiger partial charge in [0.15, 0.2) is 0 Å². The summed E-state index contributed by atoms with van der Waals surface area (Å²) in [7, 11) is 0. The SMILES string of the molecule is CCNC(CCC1CCCO1)C1CCC(C(C)(C)C)CC1. The van der Waals surface area contributed by atoms with Crippen molar-refractivity contribution in [1.29, 1.82) is 0 Å². The smallest absolute Gasteiger partial charge is 0.0576 e. The van der Waals surface area contributed by atoms with Crippen LogP contribution in [0.15, 0.2) is 0 Å². The summed E-state index contributed by atoms with van der Waals surface area (Å²) in [5.74, 6) is 1.82. The molecule has 0 aromatic rings. The Morgan fingerprint density at radius 1 is 1.10 bits per heavy atom. The van der Waals surface area contributed by atoms with Crippen molar-refractivity contribution < 1.29 is 4.74 Å². The average molecular weight is 296 g/mol. The summed E-state index contributed by atoms with van der Waals surface area (Å²) in [4.78, 5) is 0. The van der Waals surface area contributed by atoms with Crippen LogP contribution in [0.3, 0.4) is 0 Å². The minimum absolute atomic E-state index is 0.496. The Hall–Kier alpha value is -0.0800. The van der Waals surface area contributed by atoms with Gasteiger partial charge < -0.3 is 10.1 Å². The number of nitrogens with one attached hydrogen (secondary N) is 1. The highest BCUT2D eigenvalue weighted by atomic mass is 16.5. The largest absolute Gasteiger partial charge is 0.378 e. The number of hydrogen-bond acceptors (Lipinski definition) is 2. The quantitative estimate of drug-likeness (QED) is 0.761. The van der Waals surface area contributed by atoms with Crippen LogP contribution in [0, 0.1) is 17.3 Å². The lowest BCUT2D eigenvalue weighted by molar-refractivity contribution is 0.0901. The molecule has 2 heteroatoms. The van der Waals surface area contributed by atoms with Gasteiger partial charge in [0.2, 0.25) is 0 Å². The normalized spacial score (nSPS) is 32.3. The molecule has 0 bridgehead atoms. The van der Waals surface area contributed by atoms with Crippen LogP contribution in [0.1, 0.15) is 79.1 Å². The molecule has 2 nitrogen and oxygen atoms in total. The zero-order valence-corrected chi connectivity index (χ0v) is 14.8. The summed E-state index contributed by atoms with van der Waals surface area (Å²) in [5.41, 5.74) is 0.496. The second-order valence-electron chi connectivity index (χ2n) is 8.35. The maximum atomic E-state index is 5.80. The molecule has 1 N–H and O–H groups in total. The van der Waals surface area contributed by atoms with E-state index in [9.17, 15) is 0 Å². The average Bonchev–Trinajstić information content (AvgIpc) is 2.96. The van der Waals surface area contributed by atoms with Crippen LogP contribution in [0.4, 0.5) is 0 Å². The third kappa shape index (κ3) is 5.25. The maximum Gasteiger partial charge on any atom is 0.0576 e. The van der Waals surface area contributed by atoms with Gasteiger partial charge in [-0.25, -0.2) is 0 Å². The Morgan fingerprint density at radius 2 is 1.81 bits per heavy atom. The fourth-order valence-electron chi connectivity index (χ4n) is 4.39. The molecule has 2 aliphatic rings. The summed E-state index contributed by atoms with van der Waals surface area (Å²) in [5, 5.41) is 3.77. The van der Waals surface area contributed by atoms with Gasteiger partial charge in [-0.2, -0.15) is 0 Å². The lowest BCUT2D eigenvalue weighted by atomic mass is 9.68. The van der Waals surface area contributed by atoms with E-state index >= 15 is 0 Å². The summed E-state index contributed by atoms with van der Waals surface area (Å²) < 4.78 is 5.80. The van der Waals surface area contributed by atoms with Gasteiger partial charge >= 0.3 is 0 Å². The molecule has 2 unspecified atom stereocenters. The van der Waals surface area contributed by atoms with Crippen molar-refractivity contribution >= 4 is 0 Å². The Bertz CT molecular complexity index is 282. The van der Waals surface area contributed by atoms with Crippen LogP contribution in [-0.2, 0) is 4.74 Å². The van der Waals surface area contributed by atoms with E-state index in [1.807, 2.05) is 0 Å². The Labute approximate surface area is 132 Å². The van der Waals surface area contributed by atoms with Crippen molar-refractivity contribution in [3.8, 4) is 0 Å². The standard InChI is InChI=1S/C19H37NO/c1-5-20-18(13-12-17-7-6-14-21-17)15-8-10-16(11-9-15)19(2,3)4/h15-18,20H,5-14H2,1-4H3. The van der Waals surface area contributed by atoms with Crippen LogP contribution in [0.2, 0.25) is 0 Å². The third-order valence-electron chi connectivity index (χ3n) is 5.86. The Kier molecular flexibility index (Phi) is 6.55. The molecule has 124 valence electrons. The first-order chi connectivity index (χ1) is 10.0. The molecule has 0 radical (unpaired) electrons. The van der Waals surface area contributed by atoms with E-state index in [1.165, 1.54) is 51.4 Å². The monoisotopic (exact) mass is 295 g/mol. The number of hydrogen-bond donors (Lipinski definition) is 1. The second-order valence-corrected chi connectivity index (χ2v) is 8.35. The molecule has 21 heavy (non-hydrogen) atoms. The molecule has 1 aliphatic heterocycles. The molecule has 1 aliphatic carbocycles. The summed E-state index contributed by atoms with van der Waals surface area (Å²) >= 11 is 0. The lowest BCUT2D eigenvalue weighted by Crippen LogP contribution is -2.39. The van der Waals surface area contributed by atoms with E-state index in [0.29, 0.717) is 11.5 Å². The summed E-state index contributed by atoms with van der Waals surface area (Å²) in [6.07, 6.45) is 11.4. The molecule has 0 aromatic carbocycles. The Morgan fingerprint density at radius 3 is 2.33 bits per heavy atom. The van der Waals surface area contributed by atoms with Gasteiger partial charge in [0, 0.05) is 12.6 Å². The first-order valence-electron chi connectivity index (χ1n) is 9.35. The zero-order chi connectivity index (χ0) is 15.3. The Balaban J connectivity index is 1.78. The van der Waals surface area contributed by atoms with E-state index in [0.717, 1.165) is 31.0 Å². The van der Waals surface area contributed by atoms with Crippen LogP contribution in [0.5, 0.6) is 0 Å². The van der Waals surface area contributed by atoms with Crippen molar-refractivity contribution in [1.82, 2.24) is 5.32 Å². The molecule has 2 fully saturated rings. The zero-order valence-electron chi connectivity index (χ0n) is 14.8. The first-order valence-corrected chi connectivity index (χ1v) is 9.35. The van der Waals surface area contributed by atoms with Crippen molar-refractivity contribution in [3.63, 3.8) is 0 Å². The fourth-order valence-corrected chi connectivity index (χ4v) is 4.39. The van der Waals surface area contributed by atoms with Gasteiger partial charge in [0.05, 0.1) is 6.10 Å². The van der Waals surface area contributed by atoms with Crippen molar-refractivity contribution in [3.05, 3.63) is 0 Å². The lowest BCUT2D eigenvalue weighted by Gasteiger charge is -2.40. The molecule has 0 aromatic heterocycles. The van der Waals surface area contributed by atoms with E-state index in [4.69, 9.17) is 4.74 Å². The van der Waals surface area contributed by atoms with E-state index in [2.05, 4.69) is 33.0 Å². The van der Waals surface area contributed by atoms with Crippen molar-refractivity contribution in [2.24, 2.45) is 17.3 Å². The topological polar surface area (TPSA) is 21.3 Å². The van der Waals surface area contributed by atoms with Gasteiger partial charge in [-0.3, -0.25) is 0 Å². The first kappa shape index (κ1) is 17.3. The summed E-state index contributed by atoms with van der Waals surface area (Å²) in [6.45, 7) is 11.6. The molecular weight excluding hydrogens is 258 g/mol. The number of ether oxygens (including phenoxy) is 1. The second kappa shape index (κ2) is 7.97. The third-order valence-corrected chi connectivity index (χ3v) is 5.86. The van der Waals surface area contributed by atoms with Crippen molar-refractivity contribution in [2.45, 2.75) is 91.2 Å². The molecule has 0 spiro atoms. The van der Waals surface area contributed by atoms with Gasteiger partial charge in [0.25, 0.3) is 0 Å². The molecule has 2 atom stereocenters. The molecule has 1 heterocycles. The van der Waals surface area contributed by atoms with Gasteiger partial charge in [-0.1, -0.05) is 27.7 Å². The highest BCUT2D eigenvalue weighted by molar-refractivity contribution is 4.86. The van der Waals surface area contributed by atoms with E-state index in [1.54, 1.807) is 0 Å². The van der Waals surface area contributed by atoms with Crippen LogP contribution < -0.4 is 5.32 Å².